The third kappa shape index (κ3) is 2.46. The van der Waals surface area contributed by atoms with E-state index in [2.05, 4.69) is 0 Å². The highest BCUT2D eigenvalue weighted by atomic mass is 16.4. The fourth-order valence-electron chi connectivity index (χ4n) is 4.03. The first-order chi connectivity index (χ1) is 14.1. The number of rotatable bonds is 3. The quantitative estimate of drug-likeness (QED) is 0.423. The molecule has 0 saturated heterocycles. The van der Waals surface area contributed by atoms with Gasteiger partial charge in [-0.1, -0.05) is 36.4 Å². The lowest BCUT2D eigenvalue weighted by molar-refractivity contribution is 0.0817. The minimum Gasteiger partial charge on any atom is -0.507 e. The van der Waals surface area contributed by atoms with Crippen molar-refractivity contribution in [2.45, 2.75) is 5.92 Å². The van der Waals surface area contributed by atoms with E-state index in [0.717, 1.165) is 0 Å². The molecule has 1 unspecified atom stereocenters. The minimum absolute atomic E-state index is 0.168. The highest BCUT2D eigenvalue weighted by Crippen LogP contribution is 2.43. The number of fused-ring (bicyclic) bond motifs is 2. The number of hydrogen-bond acceptors (Lipinski definition) is 6. The summed E-state index contributed by atoms with van der Waals surface area (Å²) in [5, 5.41) is 11.2. The van der Waals surface area contributed by atoms with Crippen molar-refractivity contribution in [1.82, 2.24) is 0 Å². The van der Waals surface area contributed by atoms with Crippen LogP contribution in [-0.2, 0) is 0 Å². The van der Waals surface area contributed by atoms with E-state index in [4.69, 9.17) is 8.83 Å². The summed E-state index contributed by atoms with van der Waals surface area (Å²) in [5.41, 5.74) is -0.186. The Hall–Kier alpha value is -3.93. The molecule has 4 aromatic rings. The summed E-state index contributed by atoms with van der Waals surface area (Å²) in [7, 11) is 0. The maximum atomic E-state index is 13.1. The van der Waals surface area contributed by atoms with Crippen molar-refractivity contribution >= 4 is 22.5 Å². The molecule has 0 spiro atoms. The average Bonchev–Trinajstić information content (AvgIpc) is 3.34. The van der Waals surface area contributed by atoms with Gasteiger partial charge in [0.15, 0.2) is 11.6 Å². The molecule has 2 heterocycles. The molecule has 0 amide bonds. The first-order valence-electron chi connectivity index (χ1n) is 9.03. The van der Waals surface area contributed by atoms with Gasteiger partial charge < -0.3 is 13.9 Å². The number of hydrogen-bond donors (Lipinski definition) is 1. The van der Waals surface area contributed by atoms with Crippen molar-refractivity contribution in [3.05, 3.63) is 99.8 Å². The monoisotopic (exact) mass is 386 g/mol. The zero-order valence-corrected chi connectivity index (χ0v) is 15.0. The fourth-order valence-corrected chi connectivity index (χ4v) is 4.03. The van der Waals surface area contributed by atoms with E-state index in [1.54, 1.807) is 60.7 Å². The highest BCUT2D eigenvalue weighted by molar-refractivity contribution is 6.27. The number of benzene rings is 2. The van der Waals surface area contributed by atoms with Gasteiger partial charge in [0.25, 0.3) is 0 Å². The molecule has 0 bridgehead atoms. The summed E-state index contributed by atoms with van der Waals surface area (Å²) < 4.78 is 10.9. The van der Waals surface area contributed by atoms with Crippen LogP contribution in [0, 0.1) is 5.92 Å². The SMILES string of the molecule is O=C1c2ccccc2C(=O)C1C(c1ccco1)c1c(O)c2ccccc2oc1=O. The van der Waals surface area contributed by atoms with Gasteiger partial charge in [-0.2, -0.15) is 0 Å². The van der Waals surface area contributed by atoms with Gasteiger partial charge in [0.1, 0.15) is 23.0 Å². The molecule has 29 heavy (non-hydrogen) atoms. The summed E-state index contributed by atoms with van der Waals surface area (Å²) >= 11 is 0. The van der Waals surface area contributed by atoms with Gasteiger partial charge >= 0.3 is 5.63 Å². The second-order valence-electron chi connectivity index (χ2n) is 6.89. The molecule has 0 saturated carbocycles. The number of para-hydroxylation sites is 1. The number of furan rings is 1. The molecule has 0 aliphatic heterocycles. The normalized spacial score (nSPS) is 15.0. The van der Waals surface area contributed by atoms with Crippen molar-refractivity contribution in [2.24, 2.45) is 5.92 Å². The van der Waals surface area contributed by atoms with E-state index in [0.29, 0.717) is 16.5 Å². The largest absolute Gasteiger partial charge is 0.507 e. The molecule has 1 aliphatic rings. The van der Waals surface area contributed by atoms with Gasteiger partial charge in [-0.25, -0.2) is 4.79 Å². The molecule has 1 N–H and O–H groups in total. The van der Waals surface area contributed by atoms with E-state index < -0.39 is 29.0 Å². The Balaban J connectivity index is 1.78. The zero-order chi connectivity index (χ0) is 20.1. The van der Waals surface area contributed by atoms with Crippen molar-refractivity contribution < 1.29 is 23.5 Å². The van der Waals surface area contributed by atoms with Gasteiger partial charge in [0.05, 0.1) is 23.1 Å². The third-order valence-electron chi connectivity index (χ3n) is 5.34. The first-order valence-corrected chi connectivity index (χ1v) is 9.03. The molecular formula is C23H14O6. The van der Waals surface area contributed by atoms with E-state index in [9.17, 15) is 19.5 Å². The van der Waals surface area contributed by atoms with Crippen molar-refractivity contribution in [2.75, 3.05) is 0 Å². The van der Waals surface area contributed by atoms with Crippen LogP contribution >= 0.6 is 0 Å². The molecule has 6 heteroatoms. The molecule has 2 aromatic heterocycles. The van der Waals surface area contributed by atoms with Gasteiger partial charge in [-0.15, -0.1) is 0 Å². The maximum absolute atomic E-state index is 13.1. The highest BCUT2D eigenvalue weighted by Gasteiger charge is 2.47. The predicted molar refractivity (Wildman–Crippen MR) is 103 cm³/mol. The first kappa shape index (κ1) is 17.2. The molecule has 1 atom stereocenters. The summed E-state index contributed by atoms with van der Waals surface area (Å²) in [6.07, 6.45) is 1.39. The van der Waals surface area contributed by atoms with Crippen molar-refractivity contribution in [1.29, 1.82) is 0 Å². The molecule has 142 valence electrons. The predicted octanol–water partition coefficient (Wildman–Crippen LogP) is 3.92. The van der Waals surface area contributed by atoms with Crippen molar-refractivity contribution in [3.63, 3.8) is 0 Å². The molecule has 2 aromatic carbocycles. The molecule has 0 fully saturated rings. The molecular weight excluding hydrogens is 372 g/mol. The number of Topliss-reactive ketones (excluding diaryl/α,β-unsaturated/α-hetero) is 2. The van der Waals surface area contributed by atoms with Crippen LogP contribution < -0.4 is 5.63 Å². The van der Waals surface area contributed by atoms with Gasteiger partial charge in [-0.05, 0) is 24.3 Å². The van der Waals surface area contributed by atoms with Crippen LogP contribution in [0.3, 0.4) is 0 Å². The molecule has 6 nitrogen and oxygen atoms in total. The summed E-state index contributed by atoms with van der Waals surface area (Å²) in [4.78, 5) is 39.1. The minimum atomic E-state index is -1.23. The van der Waals surface area contributed by atoms with Crippen molar-refractivity contribution in [3.8, 4) is 5.75 Å². The van der Waals surface area contributed by atoms with Gasteiger partial charge in [-0.3, -0.25) is 9.59 Å². The molecule has 1 aliphatic carbocycles. The Bertz CT molecular complexity index is 1290. The van der Waals surface area contributed by atoms with Gasteiger partial charge in [0, 0.05) is 11.1 Å². The smallest absolute Gasteiger partial charge is 0.344 e. The average molecular weight is 386 g/mol. The van der Waals surface area contributed by atoms with Crippen LogP contribution in [0.1, 0.15) is 38.0 Å². The second-order valence-corrected chi connectivity index (χ2v) is 6.89. The lowest BCUT2D eigenvalue weighted by atomic mass is 9.81. The molecule has 5 rings (SSSR count). The lowest BCUT2D eigenvalue weighted by Gasteiger charge is -2.20. The van der Waals surface area contributed by atoms with Gasteiger partial charge in [0.2, 0.25) is 0 Å². The number of aromatic hydroxyl groups is 1. The van der Waals surface area contributed by atoms with Crippen LogP contribution in [0.5, 0.6) is 5.75 Å². The Morgan fingerprint density at radius 2 is 1.48 bits per heavy atom. The van der Waals surface area contributed by atoms with Crippen LogP contribution in [0.2, 0.25) is 0 Å². The van der Waals surface area contributed by atoms with E-state index in [1.165, 1.54) is 6.26 Å². The summed E-state index contributed by atoms with van der Waals surface area (Å²) in [5.74, 6) is -3.28. The zero-order valence-electron chi connectivity index (χ0n) is 15.0. The summed E-state index contributed by atoms with van der Waals surface area (Å²) in [6.45, 7) is 0. The van der Waals surface area contributed by atoms with E-state index in [-0.39, 0.29) is 22.7 Å². The third-order valence-corrected chi connectivity index (χ3v) is 5.34. The summed E-state index contributed by atoms with van der Waals surface area (Å²) in [6, 6.07) is 16.2. The Labute approximate surface area is 164 Å². The van der Waals surface area contributed by atoms with Crippen LogP contribution in [0.15, 0.2) is 80.6 Å². The van der Waals surface area contributed by atoms with E-state index >= 15 is 0 Å². The number of ketones is 2. The standard InChI is InChI=1S/C23H14O6/c24-20-12-6-1-2-7-13(12)21(25)18(20)17(16-10-5-11-28-16)19-22(26)14-8-3-4-9-15(14)29-23(19)27/h1-11,17-18,26H. The topological polar surface area (TPSA) is 97.7 Å². The second kappa shape index (κ2) is 6.31. The number of carbonyl (C=O) groups excluding carboxylic acids is 2. The fraction of sp³-hybridized carbons (Fsp3) is 0.0870. The number of carbonyl (C=O) groups is 2. The maximum Gasteiger partial charge on any atom is 0.344 e. The Kier molecular flexibility index (Phi) is 3.74. The van der Waals surface area contributed by atoms with Crippen LogP contribution in [0.4, 0.5) is 0 Å². The van der Waals surface area contributed by atoms with Crippen LogP contribution in [-0.4, -0.2) is 16.7 Å². The lowest BCUT2D eigenvalue weighted by Crippen LogP contribution is -2.28. The van der Waals surface area contributed by atoms with E-state index in [1.807, 2.05) is 0 Å². The van der Waals surface area contributed by atoms with Crippen LogP contribution in [0.25, 0.3) is 11.0 Å². The Morgan fingerprint density at radius 1 is 0.828 bits per heavy atom. The Morgan fingerprint density at radius 3 is 2.14 bits per heavy atom. The molecule has 0 radical (unpaired) electrons.